The zero-order chi connectivity index (χ0) is 17.9. The van der Waals surface area contributed by atoms with Gasteiger partial charge in [-0.25, -0.2) is 9.13 Å². The monoisotopic (exact) mass is 366 g/mol. The zero-order valence-electron chi connectivity index (χ0n) is 13.0. The Morgan fingerprint density at radius 1 is 0.864 bits per heavy atom. The molecule has 136 valence electrons. The Balaban J connectivity index is 0. The van der Waals surface area contributed by atoms with Crippen molar-refractivity contribution in [2.45, 2.75) is 64.4 Å². The van der Waals surface area contributed by atoms with Crippen LogP contribution in [-0.2, 0) is 13.9 Å². The summed E-state index contributed by atoms with van der Waals surface area (Å²) in [5, 5.41) is 0. The Labute approximate surface area is 130 Å². The molecule has 0 radical (unpaired) electrons. The summed E-state index contributed by atoms with van der Waals surface area (Å²) in [5.74, 6) is 0. The minimum Gasteiger partial charge on any atom is -0.370 e. The summed E-state index contributed by atoms with van der Waals surface area (Å²) in [6, 6.07) is 0. The van der Waals surface area contributed by atoms with Gasteiger partial charge in [-0.15, -0.1) is 0 Å². The minimum atomic E-state index is -4.64. The topological polar surface area (TPSA) is 168 Å². The first kappa shape index (κ1) is 24.4. The van der Waals surface area contributed by atoms with E-state index < -0.39 is 15.6 Å². The van der Waals surface area contributed by atoms with Crippen LogP contribution in [0.1, 0.15) is 58.8 Å². The van der Waals surface area contributed by atoms with E-state index in [4.69, 9.17) is 43.2 Å². The first-order valence-electron chi connectivity index (χ1n) is 6.97. The van der Waals surface area contributed by atoms with Crippen molar-refractivity contribution in [3.8, 4) is 0 Å². The fourth-order valence-corrected chi connectivity index (χ4v) is 1.55. The molecule has 0 aromatic rings. The molecule has 1 atom stereocenters. The van der Waals surface area contributed by atoms with E-state index in [1.54, 1.807) is 0 Å². The van der Waals surface area contributed by atoms with Gasteiger partial charge in [0.05, 0.1) is 12.2 Å². The van der Waals surface area contributed by atoms with Gasteiger partial charge in [0.2, 0.25) is 0 Å². The van der Waals surface area contributed by atoms with Gasteiger partial charge < -0.3 is 34.1 Å². The van der Waals surface area contributed by atoms with Gasteiger partial charge in [-0.2, -0.15) is 0 Å². The van der Waals surface area contributed by atoms with Crippen LogP contribution in [0, 0.1) is 0 Å². The molecule has 1 saturated heterocycles. The molecule has 0 aliphatic carbocycles. The van der Waals surface area contributed by atoms with Gasteiger partial charge >= 0.3 is 15.6 Å². The predicted molar refractivity (Wildman–Crippen MR) is 80.9 cm³/mol. The molecule has 22 heavy (non-hydrogen) atoms. The van der Waals surface area contributed by atoms with Crippen molar-refractivity contribution < 1.29 is 43.2 Å². The highest BCUT2D eigenvalue weighted by Gasteiger charge is 2.37. The summed E-state index contributed by atoms with van der Waals surface area (Å²) in [6.07, 6.45) is 9.64. The lowest BCUT2D eigenvalue weighted by molar-refractivity contribution is 0.272. The molecule has 0 spiro atoms. The Kier molecular flexibility index (Phi) is 13.0. The summed E-state index contributed by atoms with van der Waals surface area (Å²) in [7, 11) is -9.28. The molecule has 1 aliphatic rings. The fourth-order valence-electron chi connectivity index (χ4n) is 1.55. The normalized spacial score (nSPS) is 20.4. The number of epoxide rings is 1. The van der Waals surface area contributed by atoms with E-state index in [1.165, 1.54) is 44.9 Å². The second-order valence-corrected chi connectivity index (χ2v) is 7.34. The van der Waals surface area contributed by atoms with E-state index in [-0.39, 0.29) is 0 Å². The maximum absolute atomic E-state index is 8.88. The average molecular weight is 366 g/mol. The molecule has 0 aromatic carbocycles. The van der Waals surface area contributed by atoms with Gasteiger partial charge in [-0.05, 0) is 13.3 Å². The highest BCUT2D eigenvalue weighted by molar-refractivity contribution is 7.45. The van der Waals surface area contributed by atoms with Gasteiger partial charge in [0.25, 0.3) is 0 Å². The smallest absolute Gasteiger partial charge is 0.370 e. The van der Waals surface area contributed by atoms with Gasteiger partial charge in [-0.1, -0.05) is 45.4 Å². The first-order valence-corrected chi connectivity index (χ1v) is 10.1. The number of ether oxygens (including phenoxy) is 1. The Hall–Kier alpha value is 0.180. The van der Waals surface area contributed by atoms with Gasteiger partial charge in [0.15, 0.2) is 0 Å². The van der Waals surface area contributed by atoms with Crippen molar-refractivity contribution in [1.29, 1.82) is 0 Å². The van der Waals surface area contributed by atoms with Crippen LogP contribution in [0.15, 0.2) is 0 Å². The van der Waals surface area contributed by atoms with Gasteiger partial charge in [0.1, 0.15) is 0 Å². The van der Waals surface area contributed by atoms with Crippen LogP contribution in [0.5, 0.6) is 0 Å². The summed E-state index contributed by atoms with van der Waals surface area (Å²) < 4.78 is 23.1. The molecule has 1 unspecified atom stereocenters. The van der Waals surface area contributed by atoms with Crippen LogP contribution in [0.3, 0.4) is 0 Å². The van der Waals surface area contributed by atoms with Crippen molar-refractivity contribution in [2.24, 2.45) is 0 Å². The van der Waals surface area contributed by atoms with E-state index in [0.717, 1.165) is 6.61 Å². The SMILES string of the molecule is CCCCCCCCC1(C)CO1.O=P(O)(O)O.O=P(O)(O)O. The van der Waals surface area contributed by atoms with Crippen LogP contribution in [-0.4, -0.2) is 41.6 Å². The van der Waals surface area contributed by atoms with E-state index in [1.807, 2.05) is 0 Å². The minimum absolute atomic E-state index is 0.296. The van der Waals surface area contributed by atoms with Crippen LogP contribution < -0.4 is 0 Å². The number of phosphoric acid groups is 2. The van der Waals surface area contributed by atoms with Crippen LogP contribution >= 0.6 is 15.6 Å². The van der Waals surface area contributed by atoms with Crippen molar-refractivity contribution in [3.05, 3.63) is 0 Å². The van der Waals surface area contributed by atoms with Crippen molar-refractivity contribution in [3.63, 3.8) is 0 Å². The lowest BCUT2D eigenvalue weighted by Crippen LogP contribution is -2.02. The average Bonchev–Trinajstić information content (AvgIpc) is 2.97. The quantitative estimate of drug-likeness (QED) is 0.223. The Morgan fingerprint density at radius 2 is 1.18 bits per heavy atom. The Morgan fingerprint density at radius 3 is 1.50 bits per heavy atom. The molecule has 1 fully saturated rings. The molecule has 0 bridgehead atoms. The number of hydrogen-bond donors (Lipinski definition) is 6. The highest BCUT2D eigenvalue weighted by Crippen LogP contribution is 2.31. The molecule has 1 rings (SSSR count). The van der Waals surface area contributed by atoms with Crippen molar-refractivity contribution >= 4 is 15.6 Å². The highest BCUT2D eigenvalue weighted by atomic mass is 31.2. The second-order valence-electron chi connectivity index (χ2n) is 5.28. The lowest BCUT2D eigenvalue weighted by Gasteiger charge is -2.03. The number of hydrogen-bond acceptors (Lipinski definition) is 3. The maximum atomic E-state index is 8.88. The maximum Gasteiger partial charge on any atom is 0.466 e. The van der Waals surface area contributed by atoms with Crippen LogP contribution in [0.25, 0.3) is 0 Å². The molecule has 9 nitrogen and oxygen atoms in total. The number of rotatable bonds is 7. The third kappa shape index (κ3) is 36.9. The predicted octanol–water partition coefficient (Wildman–Crippen LogP) is 1.67. The number of unbranched alkanes of at least 4 members (excludes halogenated alkanes) is 5. The molecular weight excluding hydrogens is 338 g/mol. The molecule has 0 amide bonds. The van der Waals surface area contributed by atoms with E-state index in [9.17, 15) is 0 Å². The van der Waals surface area contributed by atoms with E-state index in [2.05, 4.69) is 13.8 Å². The summed E-state index contributed by atoms with van der Waals surface area (Å²) in [6.45, 7) is 5.49. The standard InChI is InChI=1S/C11H22O.2H3O4P/c1-3-4-5-6-7-8-9-11(2)10-12-11;2*1-5(2,3)4/h3-10H2,1-2H3;2*(H3,1,2,3,4). The van der Waals surface area contributed by atoms with Gasteiger partial charge in [-0.3, -0.25) is 0 Å². The molecule has 0 saturated carbocycles. The zero-order valence-corrected chi connectivity index (χ0v) is 14.7. The molecule has 0 aromatic heterocycles. The summed E-state index contributed by atoms with van der Waals surface area (Å²) >= 11 is 0. The van der Waals surface area contributed by atoms with Crippen LogP contribution in [0.2, 0.25) is 0 Å². The third-order valence-corrected chi connectivity index (χ3v) is 2.70. The Bertz CT molecular complexity index is 322. The van der Waals surface area contributed by atoms with Crippen molar-refractivity contribution in [2.75, 3.05) is 6.61 Å². The van der Waals surface area contributed by atoms with Gasteiger partial charge in [0, 0.05) is 0 Å². The fraction of sp³-hybridized carbons (Fsp3) is 1.00. The van der Waals surface area contributed by atoms with Crippen molar-refractivity contribution in [1.82, 2.24) is 0 Å². The summed E-state index contributed by atoms with van der Waals surface area (Å²) in [5.41, 5.74) is 0.296. The molecule has 1 aliphatic heterocycles. The molecule has 6 N–H and O–H groups in total. The van der Waals surface area contributed by atoms with E-state index >= 15 is 0 Å². The largest absolute Gasteiger partial charge is 0.466 e. The molecule has 1 heterocycles. The second kappa shape index (κ2) is 11.7. The first-order chi connectivity index (χ1) is 9.77. The third-order valence-electron chi connectivity index (χ3n) is 2.70. The summed E-state index contributed by atoms with van der Waals surface area (Å²) in [4.78, 5) is 43.1. The van der Waals surface area contributed by atoms with Crippen LogP contribution in [0.4, 0.5) is 0 Å². The molecular formula is C11H28O9P2. The molecule has 11 heteroatoms. The lowest BCUT2D eigenvalue weighted by atomic mass is 10.0. The van der Waals surface area contributed by atoms with E-state index in [0.29, 0.717) is 5.60 Å².